The summed E-state index contributed by atoms with van der Waals surface area (Å²) in [7, 11) is 0. The molecule has 0 heterocycles. The van der Waals surface area contributed by atoms with E-state index in [0.717, 1.165) is 5.56 Å². The van der Waals surface area contributed by atoms with Gasteiger partial charge in [-0.25, -0.2) is 0 Å². The number of hydrogen-bond donors (Lipinski definition) is 2. The normalized spacial score (nSPS) is 12.2. The van der Waals surface area contributed by atoms with Crippen molar-refractivity contribution in [1.82, 2.24) is 0 Å². The fourth-order valence-corrected chi connectivity index (χ4v) is 1.26. The third-order valence-electron chi connectivity index (χ3n) is 2.31. The van der Waals surface area contributed by atoms with E-state index in [0.29, 0.717) is 17.7 Å². The maximum Gasteiger partial charge on any atom is 0.252 e. The molecule has 1 amide bonds. The van der Waals surface area contributed by atoms with Crippen LogP contribution in [0.5, 0.6) is 5.75 Å². The molecule has 1 aromatic rings. The van der Waals surface area contributed by atoms with Crippen molar-refractivity contribution in [3.05, 3.63) is 29.3 Å². The molecule has 0 saturated heterocycles. The molecule has 0 saturated carbocycles. The van der Waals surface area contributed by atoms with Crippen molar-refractivity contribution in [1.29, 1.82) is 0 Å². The van der Waals surface area contributed by atoms with Gasteiger partial charge in [-0.05, 0) is 31.0 Å². The Labute approximate surface area is 95.0 Å². The van der Waals surface area contributed by atoms with Crippen LogP contribution in [0.4, 0.5) is 0 Å². The first-order valence-electron chi connectivity index (χ1n) is 5.26. The van der Waals surface area contributed by atoms with Crippen LogP contribution in [0.25, 0.3) is 0 Å². The smallest absolute Gasteiger partial charge is 0.252 e. The van der Waals surface area contributed by atoms with E-state index in [9.17, 15) is 9.90 Å². The molecule has 88 valence electrons. The molecule has 4 nitrogen and oxygen atoms in total. The number of aliphatic hydroxyl groups excluding tert-OH is 1. The number of nitrogens with two attached hydrogens (primary N) is 1. The first kappa shape index (κ1) is 12.5. The molecular weight excluding hydrogens is 206 g/mol. The first-order chi connectivity index (χ1) is 7.54. The van der Waals surface area contributed by atoms with Crippen LogP contribution in [0.3, 0.4) is 0 Å². The van der Waals surface area contributed by atoms with Crippen molar-refractivity contribution >= 4 is 5.91 Å². The molecule has 1 rings (SSSR count). The van der Waals surface area contributed by atoms with E-state index in [-0.39, 0.29) is 6.61 Å². The Balaban J connectivity index is 2.84. The zero-order valence-electron chi connectivity index (χ0n) is 9.56. The van der Waals surface area contributed by atoms with Gasteiger partial charge in [0.05, 0.1) is 11.7 Å². The molecule has 0 aliphatic carbocycles. The molecule has 16 heavy (non-hydrogen) atoms. The van der Waals surface area contributed by atoms with Crippen molar-refractivity contribution < 1.29 is 14.6 Å². The number of aryl methyl sites for hydroxylation is 1. The molecule has 0 aliphatic rings. The van der Waals surface area contributed by atoms with Crippen molar-refractivity contribution in [3.8, 4) is 5.75 Å². The monoisotopic (exact) mass is 223 g/mol. The second-order valence-electron chi connectivity index (χ2n) is 3.74. The molecule has 1 unspecified atom stereocenters. The van der Waals surface area contributed by atoms with E-state index in [4.69, 9.17) is 10.5 Å². The lowest BCUT2D eigenvalue weighted by Gasteiger charge is -2.13. The van der Waals surface area contributed by atoms with Crippen LogP contribution in [0, 0.1) is 6.92 Å². The Morgan fingerprint density at radius 1 is 1.56 bits per heavy atom. The molecule has 0 aromatic heterocycles. The van der Waals surface area contributed by atoms with Gasteiger partial charge in [-0.15, -0.1) is 0 Å². The maximum absolute atomic E-state index is 11.1. The Morgan fingerprint density at radius 2 is 2.25 bits per heavy atom. The van der Waals surface area contributed by atoms with Gasteiger partial charge in [0.25, 0.3) is 5.91 Å². The Morgan fingerprint density at radius 3 is 2.81 bits per heavy atom. The molecule has 3 N–H and O–H groups in total. The Bertz CT molecular complexity index is 377. The van der Waals surface area contributed by atoms with Crippen LogP contribution in [0.15, 0.2) is 18.2 Å². The fourth-order valence-electron chi connectivity index (χ4n) is 1.26. The van der Waals surface area contributed by atoms with Gasteiger partial charge < -0.3 is 15.6 Å². The number of carbonyl (C=O) groups is 1. The summed E-state index contributed by atoms with van der Waals surface area (Å²) in [5.74, 6) is -0.0963. The lowest BCUT2D eigenvalue weighted by Crippen LogP contribution is -2.19. The maximum atomic E-state index is 11.1. The largest absolute Gasteiger partial charge is 0.490 e. The third-order valence-corrected chi connectivity index (χ3v) is 2.31. The molecule has 0 radical (unpaired) electrons. The summed E-state index contributed by atoms with van der Waals surface area (Å²) in [6.07, 6.45) is 0.0822. The highest BCUT2D eigenvalue weighted by Gasteiger charge is 2.10. The van der Waals surface area contributed by atoms with Crippen LogP contribution >= 0.6 is 0 Å². The van der Waals surface area contributed by atoms with E-state index in [1.165, 1.54) is 0 Å². The Hall–Kier alpha value is -1.55. The summed E-state index contributed by atoms with van der Waals surface area (Å²) in [5.41, 5.74) is 6.54. The minimum atomic E-state index is -0.527. The number of benzene rings is 1. The van der Waals surface area contributed by atoms with Crippen LogP contribution in [0.1, 0.15) is 29.3 Å². The minimum Gasteiger partial charge on any atom is -0.490 e. The zero-order chi connectivity index (χ0) is 12.1. The molecule has 0 aliphatic heterocycles. The molecule has 4 heteroatoms. The highest BCUT2D eigenvalue weighted by molar-refractivity contribution is 5.95. The predicted molar refractivity (Wildman–Crippen MR) is 61.5 cm³/mol. The van der Waals surface area contributed by atoms with Crippen LogP contribution in [-0.4, -0.2) is 23.7 Å². The van der Waals surface area contributed by atoms with Gasteiger partial charge >= 0.3 is 0 Å². The molecule has 1 aromatic carbocycles. The number of amides is 1. The predicted octanol–water partition coefficient (Wildman–Crippen LogP) is 1.24. The third kappa shape index (κ3) is 3.24. The van der Waals surface area contributed by atoms with Gasteiger partial charge in [-0.3, -0.25) is 4.79 Å². The molecule has 1 atom stereocenters. The number of ether oxygens (including phenoxy) is 1. The van der Waals surface area contributed by atoms with E-state index in [1.54, 1.807) is 18.2 Å². The quantitative estimate of drug-likeness (QED) is 0.788. The SMILES string of the molecule is CCC(O)COc1cc(C)ccc1C(N)=O. The second-order valence-corrected chi connectivity index (χ2v) is 3.74. The summed E-state index contributed by atoms with van der Waals surface area (Å²) in [4.78, 5) is 11.1. The topological polar surface area (TPSA) is 72.6 Å². The van der Waals surface area contributed by atoms with Crippen molar-refractivity contribution in [3.63, 3.8) is 0 Å². The second kappa shape index (κ2) is 5.51. The molecule has 0 fully saturated rings. The standard InChI is InChI=1S/C12H17NO3/c1-3-9(14)7-16-11-6-8(2)4-5-10(11)12(13)15/h4-6,9,14H,3,7H2,1-2H3,(H2,13,15). The summed E-state index contributed by atoms with van der Waals surface area (Å²) < 4.78 is 5.38. The van der Waals surface area contributed by atoms with E-state index >= 15 is 0 Å². The molecular formula is C12H17NO3. The van der Waals surface area contributed by atoms with E-state index in [1.807, 2.05) is 13.8 Å². The molecule has 0 bridgehead atoms. The van der Waals surface area contributed by atoms with Crippen molar-refractivity contribution in [2.75, 3.05) is 6.61 Å². The Kier molecular flexibility index (Phi) is 4.31. The van der Waals surface area contributed by atoms with Gasteiger partial charge in [0.15, 0.2) is 0 Å². The number of hydrogen-bond acceptors (Lipinski definition) is 3. The zero-order valence-corrected chi connectivity index (χ0v) is 9.56. The summed E-state index contributed by atoms with van der Waals surface area (Å²) in [5, 5.41) is 9.38. The first-order valence-corrected chi connectivity index (χ1v) is 5.26. The van der Waals surface area contributed by atoms with Crippen molar-refractivity contribution in [2.24, 2.45) is 5.73 Å². The average Bonchev–Trinajstić information content (AvgIpc) is 2.25. The number of rotatable bonds is 5. The lowest BCUT2D eigenvalue weighted by molar-refractivity contribution is 0.0957. The lowest BCUT2D eigenvalue weighted by atomic mass is 10.1. The van der Waals surface area contributed by atoms with Gasteiger partial charge in [-0.1, -0.05) is 13.0 Å². The van der Waals surface area contributed by atoms with Crippen LogP contribution in [-0.2, 0) is 0 Å². The molecule has 0 spiro atoms. The average molecular weight is 223 g/mol. The van der Waals surface area contributed by atoms with Crippen LogP contribution < -0.4 is 10.5 Å². The number of carbonyl (C=O) groups excluding carboxylic acids is 1. The minimum absolute atomic E-state index is 0.167. The van der Waals surface area contributed by atoms with Gasteiger partial charge in [0.1, 0.15) is 12.4 Å². The number of aliphatic hydroxyl groups is 1. The number of primary amides is 1. The van der Waals surface area contributed by atoms with Gasteiger partial charge in [0.2, 0.25) is 0 Å². The highest BCUT2D eigenvalue weighted by Crippen LogP contribution is 2.20. The van der Waals surface area contributed by atoms with Gasteiger partial charge in [-0.2, -0.15) is 0 Å². The van der Waals surface area contributed by atoms with E-state index in [2.05, 4.69) is 0 Å². The summed E-state index contributed by atoms with van der Waals surface area (Å²) in [6.45, 7) is 3.92. The fraction of sp³-hybridized carbons (Fsp3) is 0.417. The summed E-state index contributed by atoms with van der Waals surface area (Å²) in [6, 6.07) is 5.16. The summed E-state index contributed by atoms with van der Waals surface area (Å²) >= 11 is 0. The van der Waals surface area contributed by atoms with Crippen LogP contribution in [0.2, 0.25) is 0 Å². The van der Waals surface area contributed by atoms with Crippen molar-refractivity contribution in [2.45, 2.75) is 26.4 Å². The highest BCUT2D eigenvalue weighted by atomic mass is 16.5. The van der Waals surface area contributed by atoms with E-state index < -0.39 is 12.0 Å². The van der Waals surface area contributed by atoms with Gasteiger partial charge in [0, 0.05) is 0 Å².